The number of carbonyl (C=O) groups excluding carboxylic acids is 2. The molecule has 0 aliphatic heterocycles. The molecule has 6 nitrogen and oxygen atoms in total. The van der Waals surface area contributed by atoms with Crippen molar-refractivity contribution in [1.82, 2.24) is 0 Å². The van der Waals surface area contributed by atoms with Gasteiger partial charge in [-0.1, -0.05) is 26.7 Å². The quantitative estimate of drug-likeness (QED) is 0.274. The fourth-order valence-electron chi connectivity index (χ4n) is 0.665. The zero-order valence-corrected chi connectivity index (χ0v) is 9.69. The third kappa shape index (κ3) is 8.19. The Hall–Kier alpha value is -1.14. The largest absolute Gasteiger partial charge is 0.453 e. The zero-order chi connectivity index (χ0) is 12.2. The minimum absolute atomic E-state index is 0.256. The Morgan fingerprint density at radius 3 is 1.50 bits per heavy atom. The van der Waals surface area contributed by atoms with Crippen LogP contribution in [0, 0.1) is 0 Å². The molecule has 0 aliphatic carbocycles. The van der Waals surface area contributed by atoms with Crippen molar-refractivity contribution in [2.75, 3.05) is 13.2 Å². The van der Waals surface area contributed by atoms with E-state index in [9.17, 15) is 9.59 Å². The van der Waals surface area contributed by atoms with E-state index >= 15 is 0 Å². The highest BCUT2D eigenvalue weighted by Gasteiger charge is 2.19. The number of carbonyl (C=O) groups is 2. The van der Waals surface area contributed by atoms with Crippen LogP contribution in [-0.2, 0) is 29.1 Å². The van der Waals surface area contributed by atoms with Gasteiger partial charge in [-0.15, -0.1) is 0 Å². The van der Waals surface area contributed by atoms with Crippen molar-refractivity contribution in [3.8, 4) is 0 Å². The van der Waals surface area contributed by atoms with E-state index in [4.69, 9.17) is 0 Å². The van der Waals surface area contributed by atoms with Crippen LogP contribution in [0.15, 0.2) is 0 Å². The van der Waals surface area contributed by atoms with Crippen LogP contribution >= 0.6 is 0 Å². The molecule has 0 aliphatic rings. The Labute approximate surface area is 94.7 Å². The van der Waals surface area contributed by atoms with Crippen LogP contribution in [-0.4, -0.2) is 25.2 Å². The summed E-state index contributed by atoms with van der Waals surface area (Å²) in [5.41, 5.74) is 0. The van der Waals surface area contributed by atoms with Crippen LogP contribution in [0.2, 0.25) is 0 Å². The van der Waals surface area contributed by atoms with Crippen molar-refractivity contribution in [1.29, 1.82) is 0 Å². The molecule has 0 amide bonds. The lowest BCUT2D eigenvalue weighted by molar-refractivity contribution is -0.296. The van der Waals surface area contributed by atoms with Gasteiger partial charge in [0, 0.05) is 0 Å². The third-order valence-corrected chi connectivity index (χ3v) is 1.60. The van der Waals surface area contributed by atoms with E-state index in [1.807, 2.05) is 13.8 Å². The Morgan fingerprint density at radius 2 is 1.19 bits per heavy atom. The molecule has 0 saturated carbocycles. The smallest absolute Gasteiger partial charge is 0.285 e. The van der Waals surface area contributed by atoms with Crippen LogP contribution in [0.3, 0.4) is 0 Å². The molecule has 0 aromatic carbocycles. The summed E-state index contributed by atoms with van der Waals surface area (Å²) in [6.45, 7) is 4.43. The first-order valence-corrected chi connectivity index (χ1v) is 5.39. The SMILES string of the molecule is CCCCOOC(=O)C(=O)OOCCCC. The summed E-state index contributed by atoms with van der Waals surface area (Å²) in [6.07, 6.45) is 3.30. The summed E-state index contributed by atoms with van der Waals surface area (Å²) in [7, 11) is 0. The fourth-order valence-corrected chi connectivity index (χ4v) is 0.665. The number of hydrogen-bond acceptors (Lipinski definition) is 6. The average Bonchev–Trinajstić information content (AvgIpc) is 2.29. The molecule has 0 fully saturated rings. The van der Waals surface area contributed by atoms with Crippen molar-refractivity contribution >= 4 is 11.9 Å². The lowest BCUT2D eigenvalue weighted by Crippen LogP contribution is -2.21. The summed E-state index contributed by atoms with van der Waals surface area (Å²) >= 11 is 0. The normalized spacial score (nSPS) is 9.88. The van der Waals surface area contributed by atoms with Crippen molar-refractivity contribution in [3.05, 3.63) is 0 Å². The fraction of sp³-hybridized carbons (Fsp3) is 0.800. The van der Waals surface area contributed by atoms with Gasteiger partial charge >= 0.3 is 11.9 Å². The van der Waals surface area contributed by atoms with Gasteiger partial charge in [-0.05, 0) is 12.8 Å². The molecular formula is C10H18O6. The molecule has 0 heterocycles. The van der Waals surface area contributed by atoms with Crippen molar-refractivity contribution < 1.29 is 29.1 Å². The molecule has 0 aromatic heterocycles. The summed E-state index contributed by atoms with van der Waals surface area (Å²) in [5.74, 6) is -2.43. The van der Waals surface area contributed by atoms with E-state index in [1.165, 1.54) is 0 Å². The molecule has 0 atom stereocenters. The lowest BCUT2D eigenvalue weighted by atomic mass is 10.4. The van der Waals surface area contributed by atoms with Gasteiger partial charge in [0.1, 0.15) is 0 Å². The maximum Gasteiger partial charge on any atom is 0.453 e. The zero-order valence-electron chi connectivity index (χ0n) is 9.69. The summed E-state index contributed by atoms with van der Waals surface area (Å²) in [6, 6.07) is 0. The Morgan fingerprint density at radius 1 is 0.812 bits per heavy atom. The Kier molecular flexibility index (Phi) is 9.64. The molecule has 0 rings (SSSR count). The number of rotatable bonds is 8. The second-order valence-corrected chi connectivity index (χ2v) is 3.09. The van der Waals surface area contributed by atoms with Crippen LogP contribution in [0.5, 0.6) is 0 Å². The van der Waals surface area contributed by atoms with E-state index < -0.39 is 11.9 Å². The summed E-state index contributed by atoms with van der Waals surface area (Å²) in [4.78, 5) is 39.0. The molecule has 0 bridgehead atoms. The molecule has 0 N–H and O–H groups in total. The van der Waals surface area contributed by atoms with Gasteiger partial charge in [-0.25, -0.2) is 9.59 Å². The first-order chi connectivity index (χ1) is 7.72. The van der Waals surface area contributed by atoms with Gasteiger partial charge in [0.15, 0.2) is 0 Å². The highest BCUT2D eigenvalue weighted by molar-refractivity contribution is 6.29. The maximum absolute atomic E-state index is 10.9. The molecular weight excluding hydrogens is 216 g/mol. The third-order valence-electron chi connectivity index (χ3n) is 1.60. The van der Waals surface area contributed by atoms with Gasteiger partial charge in [-0.2, -0.15) is 9.78 Å². The average molecular weight is 234 g/mol. The predicted octanol–water partition coefficient (Wildman–Crippen LogP) is 1.54. The highest BCUT2D eigenvalue weighted by Crippen LogP contribution is 1.93. The van der Waals surface area contributed by atoms with E-state index in [0.717, 1.165) is 25.7 Å². The highest BCUT2D eigenvalue weighted by atomic mass is 17.2. The second-order valence-electron chi connectivity index (χ2n) is 3.09. The topological polar surface area (TPSA) is 71.1 Å². The minimum atomic E-state index is -1.22. The molecule has 0 saturated heterocycles. The molecule has 16 heavy (non-hydrogen) atoms. The van der Waals surface area contributed by atoms with Crippen LogP contribution < -0.4 is 0 Å². The van der Waals surface area contributed by atoms with Gasteiger partial charge in [0.25, 0.3) is 0 Å². The van der Waals surface area contributed by atoms with E-state index in [0.29, 0.717) is 0 Å². The van der Waals surface area contributed by atoms with Crippen molar-refractivity contribution in [3.63, 3.8) is 0 Å². The predicted molar refractivity (Wildman–Crippen MR) is 53.9 cm³/mol. The molecule has 6 heteroatoms. The number of hydrogen-bond donors (Lipinski definition) is 0. The minimum Gasteiger partial charge on any atom is -0.285 e. The maximum atomic E-state index is 10.9. The monoisotopic (exact) mass is 234 g/mol. The van der Waals surface area contributed by atoms with Crippen molar-refractivity contribution in [2.45, 2.75) is 39.5 Å². The molecule has 0 aromatic rings. The van der Waals surface area contributed by atoms with Crippen LogP contribution in [0.1, 0.15) is 39.5 Å². The molecule has 0 spiro atoms. The van der Waals surface area contributed by atoms with E-state index in [2.05, 4.69) is 19.6 Å². The van der Waals surface area contributed by atoms with Gasteiger partial charge in [0.05, 0.1) is 13.2 Å². The number of unbranched alkanes of at least 4 members (excludes halogenated alkanes) is 2. The standard InChI is InChI=1S/C10H18O6/c1-3-5-7-13-15-9(11)10(12)16-14-8-6-4-2/h3-8H2,1-2H3. The molecule has 94 valence electrons. The lowest BCUT2D eigenvalue weighted by Gasteiger charge is -2.02. The molecule has 0 unspecified atom stereocenters. The Bertz CT molecular complexity index is 181. The van der Waals surface area contributed by atoms with Crippen molar-refractivity contribution in [2.24, 2.45) is 0 Å². The first kappa shape index (κ1) is 14.9. The summed E-state index contributed by atoms with van der Waals surface area (Å²) in [5, 5.41) is 0. The second kappa shape index (κ2) is 10.4. The Balaban J connectivity index is 3.46. The summed E-state index contributed by atoms with van der Waals surface area (Å²) < 4.78 is 0. The van der Waals surface area contributed by atoms with Crippen LogP contribution in [0.25, 0.3) is 0 Å². The molecule has 0 radical (unpaired) electrons. The van der Waals surface area contributed by atoms with Gasteiger partial charge in [-0.3, -0.25) is 9.78 Å². The van der Waals surface area contributed by atoms with E-state index in [1.54, 1.807) is 0 Å². The van der Waals surface area contributed by atoms with Crippen LogP contribution in [0.4, 0.5) is 0 Å². The first-order valence-electron chi connectivity index (χ1n) is 5.39. The van der Waals surface area contributed by atoms with E-state index in [-0.39, 0.29) is 13.2 Å². The van der Waals surface area contributed by atoms with Gasteiger partial charge in [0.2, 0.25) is 0 Å². The van der Waals surface area contributed by atoms with Gasteiger partial charge < -0.3 is 0 Å².